The van der Waals surface area contributed by atoms with Crippen molar-refractivity contribution in [2.24, 2.45) is 0 Å². The van der Waals surface area contributed by atoms with Gasteiger partial charge in [0.2, 0.25) is 0 Å². The molecule has 0 N–H and O–H groups in total. The van der Waals surface area contributed by atoms with Crippen LogP contribution in [0.15, 0.2) is 11.7 Å². The van der Waals surface area contributed by atoms with Crippen molar-refractivity contribution in [2.75, 3.05) is 0 Å². The monoisotopic (exact) mass is 500 g/mol. The Balaban J connectivity index is 8.10. The van der Waals surface area contributed by atoms with Gasteiger partial charge in [0.15, 0.2) is 0 Å². The molecule has 0 aliphatic carbocycles. The Hall–Kier alpha value is -1.66. The smallest absolute Gasteiger partial charge is 0.224 e. The quantitative estimate of drug-likeness (QED) is 0.364. The van der Waals surface area contributed by atoms with Crippen LogP contribution >= 0.6 is 0 Å². The second-order valence-corrected chi connectivity index (χ2v) is 5.10. The summed E-state index contributed by atoms with van der Waals surface area (Å²) in [5.74, 6) is 0. The highest BCUT2D eigenvalue weighted by atomic mass is 19.4. The summed E-state index contributed by atoms with van der Waals surface area (Å²) in [6.07, 6.45) is -47.8. The van der Waals surface area contributed by atoms with Gasteiger partial charge in [-0.15, -0.1) is 0 Å². The van der Waals surface area contributed by atoms with E-state index >= 15 is 0 Å². The second kappa shape index (κ2) is 6.92. The number of hydrogen-bond acceptors (Lipinski definition) is 0. The molecule has 0 aliphatic rings. The standard InChI is InChI=1S/C10F20/c11-2(12)1(4(14,7(19,20)21)8(22,23)24)3(13,6(16,17)18)5(15,9(25,26)27)10(28,29)30. The lowest BCUT2D eigenvalue weighted by atomic mass is 9.72. The predicted molar refractivity (Wildman–Crippen MR) is 51.0 cm³/mol. The average molecular weight is 500 g/mol. The topological polar surface area (TPSA) is 0 Å². The Kier molecular flexibility index (Phi) is 6.54. The molecule has 0 aromatic carbocycles. The van der Waals surface area contributed by atoms with Gasteiger partial charge in [-0.3, -0.25) is 0 Å². The highest BCUT2D eigenvalue weighted by Crippen LogP contribution is 2.67. The molecule has 30 heavy (non-hydrogen) atoms. The molecule has 20 heteroatoms. The predicted octanol–water partition coefficient (Wildman–Crippen LogP) is 7.07. The van der Waals surface area contributed by atoms with Gasteiger partial charge in [-0.1, -0.05) is 0 Å². The number of halogens is 20. The largest absolute Gasteiger partial charge is 0.435 e. The summed E-state index contributed by atoms with van der Waals surface area (Å²) in [5.41, 5.74) is -32.7. The maximum atomic E-state index is 14.1. The van der Waals surface area contributed by atoms with Crippen LogP contribution in [0.5, 0.6) is 0 Å². The van der Waals surface area contributed by atoms with E-state index < -0.39 is 59.5 Å². The first kappa shape index (κ1) is 28.3. The third kappa shape index (κ3) is 3.62. The molecule has 0 radical (unpaired) electrons. The SMILES string of the molecule is FC(F)=C(C(F)(C(F)(F)F)C(F)(F)F)C(F)(C(F)(F)F)C(F)(C(F)(F)F)C(F)(F)F. The molecule has 0 spiro atoms. The van der Waals surface area contributed by atoms with Crippen molar-refractivity contribution in [1.82, 2.24) is 0 Å². The Labute approximate surface area is 149 Å². The van der Waals surface area contributed by atoms with Crippen molar-refractivity contribution in [3.8, 4) is 0 Å². The van der Waals surface area contributed by atoms with Crippen molar-refractivity contribution in [3.63, 3.8) is 0 Å². The first-order valence-electron chi connectivity index (χ1n) is 6.03. The van der Waals surface area contributed by atoms with Crippen LogP contribution in [0.2, 0.25) is 0 Å². The molecule has 180 valence electrons. The van der Waals surface area contributed by atoms with Gasteiger partial charge >= 0.3 is 42.2 Å². The van der Waals surface area contributed by atoms with Crippen molar-refractivity contribution in [2.45, 2.75) is 47.9 Å². The molecule has 0 fully saturated rings. The van der Waals surface area contributed by atoms with Crippen LogP contribution in [-0.4, -0.2) is 47.9 Å². The normalized spacial score (nSPS) is 17.6. The van der Waals surface area contributed by atoms with Gasteiger partial charge in [0.05, 0.1) is 0 Å². The molecule has 0 aromatic rings. The van der Waals surface area contributed by atoms with Gasteiger partial charge < -0.3 is 0 Å². The van der Waals surface area contributed by atoms with E-state index in [0.29, 0.717) is 0 Å². The van der Waals surface area contributed by atoms with Crippen LogP contribution in [0.4, 0.5) is 87.8 Å². The van der Waals surface area contributed by atoms with Crippen LogP contribution in [0.3, 0.4) is 0 Å². The van der Waals surface area contributed by atoms with Crippen LogP contribution in [0, 0.1) is 0 Å². The first-order chi connectivity index (χ1) is 12.6. The zero-order chi connectivity index (χ0) is 25.2. The van der Waals surface area contributed by atoms with Crippen LogP contribution in [-0.2, 0) is 0 Å². The average Bonchev–Trinajstić information content (AvgIpc) is 2.39. The van der Waals surface area contributed by atoms with Crippen LogP contribution in [0.25, 0.3) is 0 Å². The zero-order valence-electron chi connectivity index (χ0n) is 12.6. The minimum atomic E-state index is -9.00. The van der Waals surface area contributed by atoms with E-state index in [2.05, 4.69) is 0 Å². The molecule has 0 heterocycles. The van der Waals surface area contributed by atoms with Gasteiger partial charge in [-0.05, 0) is 0 Å². The fraction of sp³-hybridized carbons (Fsp3) is 0.800. The van der Waals surface area contributed by atoms with E-state index in [-0.39, 0.29) is 0 Å². The van der Waals surface area contributed by atoms with Gasteiger partial charge in [-0.2, -0.15) is 74.6 Å². The summed E-state index contributed by atoms with van der Waals surface area (Å²) in [4.78, 5) is 0. The van der Waals surface area contributed by atoms with E-state index in [4.69, 9.17) is 0 Å². The van der Waals surface area contributed by atoms with E-state index in [9.17, 15) is 87.8 Å². The van der Waals surface area contributed by atoms with Crippen molar-refractivity contribution >= 4 is 0 Å². The summed E-state index contributed by atoms with van der Waals surface area (Å²) < 4.78 is 254. The van der Waals surface area contributed by atoms with Gasteiger partial charge in [0, 0.05) is 0 Å². The summed E-state index contributed by atoms with van der Waals surface area (Å²) in [7, 11) is 0. The maximum absolute atomic E-state index is 14.1. The van der Waals surface area contributed by atoms with E-state index in [1.165, 1.54) is 0 Å². The van der Waals surface area contributed by atoms with Crippen molar-refractivity contribution in [1.29, 1.82) is 0 Å². The maximum Gasteiger partial charge on any atom is 0.435 e. The molecular formula is C10F20. The Morgan fingerprint density at radius 1 is 0.333 bits per heavy atom. The van der Waals surface area contributed by atoms with E-state index in [1.807, 2.05) is 0 Å². The molecule has 0 nitrogen and oxygen atoms in total. The number of rotatable bonds is 3. The highest BCUT2D eigenvalue weighted by molar-refractivity contribution is 5.41. The summed E-state index contributed by atoms with van der Waals surface area (Å²) in [5, 5.41) is 0. The fourth-order valence-electron chi connectivity index (χ4n) is 2.00. The van der Waals surface area contributed by atoms with Gasteiger partial charge in [0.25, 0.3) is 11.7 Å². The molecule has 0 rings (SSSR count). The number of alkyl halides is 18. The second-order valence-electron chi connectivity index (χ2n) is 5.10. The minimum Gasteiger partial charge on any atom is -0.224 e. The summed E-state index contributed by atoms with van der Waals surface area (Å²) >= 11 is 0. The molecule has 1 unspecified atom stereocenters. The van der Waals surface area contributed by atoms with E-state index in [1.54, 1.807) is 0 Å². The molecule has 0 aromatic heterocycles. The lowest BCUT2D eigenvalue weighted by Gasteiger charge is -2.45. The lowest BCUT2D eigenvalue weighted by molar-refractivity contribution is -0.416. The Bertz CT molecular complexity index is 630. The van der Waals surface area contributed by atoms with Gasteiger partial charge in [0.1, 0.15) is 5.57 Å². The van der Waals surface area contributed by atoms with Crippen LogP contribution < -0.4 is 0 Å². The molecule has 0 amide bonds. The first-order valence-corrected chi connectivity index (χ1v) is 6.03. The Morgan fingerprint density at radius 3 is 0.700 bits per heavy atom. The summed E-state index contributed by atoms with van der Waals surface area (Å²) in [6.45, 7) is 0. The molecule has 0 aliphatic heterocycles. The molecular weight excluding hydrogens is 500 g/mol. The molecule has 0 saturated carbocycles. The minimum absolute atomic E-state index is 5.65. The molecule has 0 bridgehead atoms. The molecule has 0 saturated heterocycles. The van der Waals surface area contributed by atoms with Gasteiger partial charge in [-0.25, -0.2) is 13.2 Å². The summed E-state index contributed by atoms with van der Waals surface area (Å²) in [6, 6.07) is 0. The third-order valence-corrected chi connectivity index (χ3v) is 3.31. The van der Waals surface area contributed by atoms with E-state index in [0.717, 1.165) is 0 Å². The fourth-order valence-corrected chi connectivity index (χ4v) is 2.00. The van der Waals surface area contributed by atoms with Crippen LogP contribution in [0.1, 0.15) is 0 Å². The third-order valence-electron chi connectivity index (χ3n) is 3.31. The number of allylic oxidation sites excluding steroid dienone is 1. The zero-order valence-corrected chi connectivity index (χ0v) is 12.6. The molecule has 1 atom stereocenters. The highest BCUT2D eigenvalue weighted by Gasteiger charge is 2.95. The van der Waals surface area contributed by atoms with Crippen molar-refractivity contribution in [3.05, 3.63) is 11.7 Å². The number of hydrogen-bond donors (Lipinski definition) is 0. The van der Waals surface area contributed by atoms with Crippen molar-refractivity contribution < 1.29 is 87.8 Å². The Morgan fingerprint density at radius 2 is 0.567 bits per heavy atom. The lowest BCUT2D eigenvalue weighted by Crippen LogP contribution is -2.75.